The average molecular weight is 691 g/mol. The molecule has 1 amide bonds. The summed E-state index contributed by atoms with van der Waals surface area (Å²) in [5.74, 6) is 0.799. The molecule has 0 saturated carbocycles. The summed E-state index contributed by atoms with van der Waals surface area (Å²) in [6, 6.07) is 11.2. The van der Waals surface area contributed by atoms with E-state index < -0.39 is 14.1 Å². The van der Waals surface area contributed by atoms with Gasteiger partial charge in [-0.15, -0.1) is 0 Å². The van der Waals surface area contributed by atoms with Crippen LogP contribution in [-0.4, -0.2) is 51.8 Å². The van der Waals surface area contributed by atoms with Crippen LogP contribution < -0.4 is 24.8 Å². The first-order valence-corrected chi connectivity index (χ1v) is 19.0. The van der Waals surface area contributed by atoms with Crippen LogP contribution >= 0.6 is 23.2 Å². The van der Waals surface area contributed by atoms with Gasteiger partial charge in [0.25, 0.3) is 5.91 Å². The number of hydrogen-bond donors (Lipinski definition) is 2. The molecule has 3 aromatic rings. The van der Waals surface area contributed by atoms with Gasteiger partial charge in [0.1, 0.15) is 5.75 Å². The predicted molar refractivity (Wildman–Crippen MR) is 185 cm³/mol. The molecule has 2 N–H and O–H groups in total. The fourth-order valence-corrected chi connectivity index (χ4v) is 6.32. The molecule has 1 aliphatic heterocycles. The number of nitrogens with zero attached hydrogens (tertiary/aromatic N) is 1. The second kappa shape index (κ2) is 14.9. The number of methoxy groups -OCH3 is 1. The number of benzene rings is 2. The fourth-order valence-electron chi connectivity index (χ4n) is 4.58. The molecule has 9 nitrogen and oxygen atoms in total. The molecule has 0 aliphatic carbocycles. The van der Waals surface area contributed by atoms with E-state index in [1.165, 1.54) is 12.4 Å². The van der Waals surface area contributed by atoms with Gasteiger partial charge in [-0.2, -0.15) is 0 Å². The zero-order valence-electron chi connectivity index (χ0n) is 27.9. The number of aromatic nitrogens is 1. The molecule has 2 heterocycles. The van der Waals surface area contributed by atoms with Crippen molar-refractivity contribution >= 4 is 43.1 Å². The maximum atomic E-state index is 13.0. The van der Waals surface area contributed by atoms with Crippen LogP contribution in [0.1, 0.15) is 68.6 Å². The molecule has 4 rings (SSSR count). The molecule has 0 saturated heterocycles. The van der Waals surface area contributed by atoms with E-state index in [0.29, 0.717) is 49.1 Å². The Morgan fingerprint density at radius 2 is 1.80 bits per heavy atom. The number of pyridine rings is 1. The Kier molecular flexibility index (Phi) is 11.7. The molecule has 0 radical (unpaired) electrons. The van der Waals surface area contributed by atoms with Crippen molar-refractivity contribution in [3.05, 3.63) is 75.5 Å². The average Bonchev–Trinajstić information content (AvgIpc) is 2.98. The van der Waals surface area contributed by atoms with Crippen LogP contribution in [0.25, 0.3) is 0 Å². The first kappa shape index (κ1) is 36.0. The lowest BCUT2D eigenvalue weighted by atomic mass is 10.0. The molecule has 0 fully saturated rings. The van der Waals surface area contributed by atoms with Gasteiger partial charge in [0.15, 0.2) is 19.8 Å². The van der Waals surface area contributed by atoms with E-state index in [0.717, 1.165) is 23.3 Å². The smallest absolute Gasteiger partial charge is 0.255 e. The molecule has 1 unspecified atom stereocenters. The van der Waals surface area contributed by atoms with Gasteiger partial charge in [-0.25, -0.2) is 0 Å². The van der Waals surface area contributed by atoms with Gasteiger partial charge in [-0.05, 0) is 67.0 Å². The number of rotatable bonds is 13. The number of ether oxygens (including phenoxy) is 4. The SMILES string of the molecule is COc1ccc(C(=O)Nc2c(Cl)cncc2Cl)cc1OCCCNCC(O[Si](C)(C)C(C)(C)C)c1ccc2c(c1)COC(C)(C)O2. The number of fused-ring (bicyclic) bond motifs is 1. The normalized spacial score (nSPS) is 15.0. The van der Waals surface area contributed by atoms with Crippen molar-refractivity contribution in [3.63, 3.8) is 0 Å². The van der Waals surface area contributed by atoms with Crippen LogP contribution in [0.5, 0.6) is 17.2 Å². The molecular weight excluding hydrogens is 645 g/mol. The Balaban J connectivity index is 1.37. The third-order valence-electron chi connectivity index (χ3n) is 8.23. The summed E-state index contributed by atoms with van der Waals surface area (Å²) in [4.78, 5) is 16.9. The van der Waals surface area contributed by atoms with Crippen molar-refractivity contribution < 1.29 is 28.2 Å². The van der Waals surface area contributed by atoms with Gasteiger partial charge in [-0.1, -0.05) is 50.0 Å². The molecule has 0 bridgehead atoms. The van der Waals surface area contributed by atoms with Crippen LogP contribution in [0.3, 0.4) is 0 Å². The van der Waals surface area contributed by atoms with E-state index in [2.05, 4.69) is 61.6 Å². The van der Waals surface area contributed by atoms with Gasteiger partial charge < -0.3 is 34.0 Å². The van der Waals surface area contributed by atoms with Crippen molar-refractivity contribution in [3.8, 4) is 17.2 Å². The summed E-state index contributed by atoms with van der Waals surface area (Å²) in [6.07, 6.45) is 3.41. The zero-order valence-corrected chi connectivity index (χ0v) is 30.4. The Hall–Kier alpha value is -2.86. The quantitative estimate of drug-likeness (QED) is 0.136. The summed E-state index contributed by atoms with van der Waals surface area (Å²) >= 11 is 12.3. The number of halogens is 2. The molecule has 1 aliphatic rings. The van der Waals surface area contributed by atoms with Gasteiger partial charge >= 0.3 is 0 Å². The lowest BCUT2D eigenvalue weighted by Crippen LogP contribution is -2.43. The summed E-state index contributed by atoms with van der Waals surface area (Å²) in [5.41, 5.74) is 2.77. The first-order chi connectivity index (χ1) is 21.6. The van der Waals surface area contributed by atoms with Gasteiger partial charge in [0.2, 0.25) is 5.79 Å². The minimum atomic E-state index is -2.08. The minimum Gasteiger partial charge on any atom is -0.493 e. The maximum Gasteiger partial charge on any atom is 0.255 e. The van der Waals surface area contributed by atoms with Gasteiger partial charge in [-0.3, -0.25) is 9.78 Å². The third kappa shape index (κ3) is 9.14. The Labute approximate surface area is 283 Å². The van der Waals surface area contributed by atoms with Crippen molar-refractivity contribution in [2.24, 2.45) is 0 Å². The number of anilines is 1. The molecule has 46 heavy (non-hydrogen) atoms. The van der Waals surface area contributed by atoms with E-state index in [9.17, 15) is 4.79 Å². The molecule has 2 aromatic carbocycles. The molecule has 250 valence electrons. The van der Waals surface area contributed by atoms with E-state index in [-0.39, 0.29) is 27.1 Å². The summed E-state index contributed by atoms with van der Waals surface area (Å²) in [7, 11) is -0.519. The van der Waals surface area contributed by atoms with Crippen LogP contribution in [0, 0.1) is 0 Å². The summed E-state index contributed by atoms with van der Waals surface area (Å²) in [6.45, 7) is 17.3. The molecular formula is C34H45Cl2N3O6Si. The van der Waals surface area contributed by atoms with E-state index in [1.54, 1.807) is 25.3 Å². The third-order valence-corrected chi connectivity index (χ3v) is 13.3. The van der Waals surface area contributed by atoms with E-state index in [1.807, 2.05) is 19.9 Å². The Morgan fingerprint density at radius 1 is 1.09 bits per heavy atom. The summed E-state index contributed by atoms with van der Waals surface area (Å²) in [5, 5.41) is 6.85. The number of carbonyl (C=O) groups is 1. The van der Waals surface area contributed by atoms with Crippen molar-refractivity contribution in [2.75, 3.05) is 32.1 Å². The Bertz CT molecular complexity index is 1510. The van der Waals surface area contributed by atoms with Gasteiger partial charge in [0, 0.05) is 43.9 Å². The largest absolute Gasteiger partial charge is 0.493 e. The standard InChI is InChI=1S/C34H45Cl2N3O6Si/c1-33(2,3)46(7,8)45-30(22-10-12-27-24(16-22)21-43-34(4,5)44-27)20-37-14-9-15-42-29-17-23(11-13-28(29)41-6)32(40)39-31-25(35)18-38-19-26(31)36/h10-13,16-19,30,37H,9,14-15,20-21H2,1-8H3,(H,38,39,40). The van der Waals surface area contributed by atoms with E-state index >= 15 is 0 Å². The highest BCUT2D eigenvalue weighted by molar-refractivity contribution is 6.74. The zero-order chi connectivity index (χ0) is 33.7. The molecule has 1 aromatic heterocycles. The fraction of sp³-hybridized carbons (Fsp3) is 0.471. The number of hydrogen-bond acceptors (Lipinski definition) is 8. The van der Waals surface area contributed by atoms with E-state index in [4.69, 9.17) is 46.6 Å². The summed E-state index contributed by atoms with van der Waals surface area (Å²) < 4.78 is 30.3. The second-order valence-corrected chi connectivity index (χ2v) is 18.8. The highest BCUT2D eigenvalue weighted by atomic mass is 35.5. The first-order valence-electron chi connectivity index (χ1n) is 15.4. The predicted octanol–water partition coefficient (Wildman–Crippen LogP) is 8.42. The molecule has 1 atom stereocenters. The van der Waals surface area contributed by atoms with Crippen LogP contribution in [0.2, 0.25) is 28.2 Å². The highest BCUT2D eigenvalue weighted by Crippen LogP contribution is 2.41. The lowest BCUT2D eigenvalue weighted by Gasteiger charge is -2.40. The second-order valence-electron chi connectivity index (χ2n) is 13.2. The number of carbonyl (C=O) groups excluding carboxylic acids is 1. The monoisotopic (exact) mass is 689 g/mol. The van der Waals surface area contributed by atoms with Crippen LogP contribution in [0.15, 0.2) is 48.8 Å². The topological polar surface area (TPSA) is 100 Å². The Morgan fingerprint density at radius 3 is 2.48 bits per heavy atom. The maximum absolute atomic E-state index is 13.0. The van der Waals surface area contributed by atoms with Gasteiger partial charge in [0.05, 0.1) is 42.2 Å². The van der Waals surface area contributed by atoms with Crippen molar-refractivity contribution in [1.82, 2.24) is 10.3 Å². The van der Waals surface area contributed by atoms with Crippen molar-refractivity contribution in [2.45, 2.75) is 77.7 Å². The molecule has 12 heteroatoms. The van der Waals surface area contributed by atoms with Crippen LogP contribution in [0.4, 0.5) is 5.69 Å². The molecule has 0 spiro atoms. The lowest BCUT2D eigenvalue weighted by molar-refractivity contribution is -0.180. The number of amides is 1. The van der Waals surface area contributed by atoms with Crippen LogP contribution in [-0.2, 0) is 15.8 Å². The number of nitrogens with one attached hydrogen (secondary N) is 2. The minimum absolute atomic E-state index is 0.0604. The van der Waals surface area contributed by atoms with Crippen molar-refractivity contribution in [1.29, 1.82) is 0 Å². The highest BCUT2D eigenvalue weighted by Gasteiger charge is 2.39.